The average molecular weight is 421 g/mol. The van der Waals surface area contributed by atoms with Crippen molar-refractivity contribution in [2.45, 2.75) is 37.6 Å². The third-order valence-corrected chi connectivity index (χ3v) is 12.0. The molecule has 1 aliphatic carbocycles. The predicted molar refractivity (Wildman–Crippen MR) is 119 cm³/mol. The summed E-state index contributed by atoms with van der Waals surface area (Å²) < 4.78 is 1.19. The molecule has 0 N–H and O–H groups in total. The normalized spacial score (nSPS) is 15.7. The maximum atomic E-state index is 3.75. The molecule has 0 atom stereocenters. The van der Waals surface area contributed by atoms with Crippen molar-refractivity contribution in [3.63, 3.8) is 0 Å². The Bertz CT molecular complexity index is 799. The highest BCUT2D eigenvalue weighted by Gasteiger charge is 2.46. The van der Waals surface area contributed by atoms with Crippen molar-refractivity contribution >= 4 is 39.6 Å². The second-order valence-corrected chi connectivity index (χ2v) is 12.5. The molecule has 0 aromatic heterocycles. The molecule has 2 heteroatoms. The highest BCUT2D eigenvalue weighted by Crippen LogP contribution is 2.37. The Morgan fingerprint density at radius 2 is 1.15 bits per heavy atom. The van der Waals surface area contributed by atoms with Crippen LogP contribution in [-0.2, 0) is 0 Å². The predicted octanol–water partition coefficient (Wildman–Crippen LogP) is 5.25. The van der Waals surface area contributed by atoms with E-state index in [0.29, 0.717) is 0 Å². The fourth-order valence-corrected chi connectivity index (χ4v) is 11.4. The highest BCUT2D eigenvalue weighted by atomic mass is 79.9. The molecule has 1 saturated carbocycles. The molecular formula is C24H25BrSi. The van der Waals surface area contributed by atoms with Gasteiger partial charge in [0.2, 0.25) is 0 Å². The van der Waals surface area contributed by atoms with E-state index < -0.39 is 8.07 Å². The van der Waals surface area contributed by atoms with E-state index >= 15 is 0 Å². The van der Waals surface area contributed by atoms with Gasteiger partial charge in [-0.3, -0.25) is 0 Å². The first-order chi connectivity index (χ1) is 12.8. The summed E-state index contributed by atoms with van der Waals surface area (Å²) in [6.07, 6.45) is 6.83. The molecule has 0 amide bonds. The van der Waals surface area contributed by atoms with Crippen LogP contribution in [0.4, 0.5) is 0 Å². The van der Waals surface area contributed by atoms with Gasteiger partial charge in [-0.1, -0.05) is 121 Å². The molecule has 26 heavy (non-hydrogen) atoms. The fourth-order valence-electron chi connectivity index (χ4n) is 4.88. The minimum absolute atomic E-state index is 0.760. The third kappa shape index (κ3) is 3.21. The lowest BCUT2D eigenvalue weighted by molar-refractivity contribution is 0.497. The van der Waals surface area contributed by atoms with E-state index in [1.807, 2.05) is 0 Å². The number of rotatable bonds is 4. The minimum atomic E-state index is -2.08. The Hall–Kier alpha value is -1.64. The second kappa shape index (κ2) is 7.94. The highest BCUT2D eigenvalue weighted by molar-refractivity contribution is 9.10. The zero-order chi connectivity index (χ0) is 17.8. The molecule has 0 radical (unpaired) electrons. The van der Waals surface area contributed by atoms with Crippen molar-refractivity contribution in [2.75, 3.05) is 0 Å². The minimum Gasteiger partial charge on any atom is -0.0624 e. The maximum absolute atomic E-state index is 3.75. The summed E-state index contributed by atoms with van der Waals surface area (Å²) >= 11 is 3.75. The van der Waals surface area contributed by atoms with Crippen molar-refractivity contribution in [3.05, 3.63) is 89.4 Å². The van der Waals surface area contributed by atoms with Gasteiger partial charge in [0, 0.05) is 4.47 Å². The van der Waals surface area contributed by atoms with Gasteiger partial charge >= 0.3 is 0 Å². The molecule has 3 aromatic carbocycles. The third-order valence-electron chi connectivity index (χ3n) is 5.96. The summed E-state index contributed by atoms with van der Waals surface area (Å²) in [5.41, 5.74) is 0.760. The zero-order valence-electron chi connectivity index (χ0n) is 15.1. The Balaban J connectivity index is 2.02. The number of halogens is 1. The van der Waals surface area contributed by atoms with Crippen LogP contribution in [0.1, 0.15) is 32.1 Å². The van der Waals surface area contributed by atoms with Crippen molar-refractivity contribution in [1.29, 1.82) is 0 Å². The largest absolute Gasteiger partial charge is 0.151 e. The summed E-state index contributed by atoms with van der Waals surface area (Å²) in [6.45, 7) is 0. The van der Waals surface area contributed by atoms with Crippen LogP contribution in [0.2, 0.25) is 5.54 Å². The Labute approximate surface area is 166 Å². The summed E-state index contributed by atoms with van der Waals surface area (Å²) in [7, 11) is -2.08. The molecule has 0 bridgehead atoms. The second-order valence-electron chi connectivity index (χ2n) is 7.39. The lowest BCUT2D eigenvalue weighted by Gasteiger charge is -2.42. The molecule has 0 aliphatic heterocycles. The van der Waals surface area contributed by atoms with Gasteiger partial charge in [-0.15, -0.1) is 0 Å². The first kappa shape index (κ1) is 17.8. The SMILES string of the molecule is Brc1cccc([Si](c2ccccc2)(c2ccccc2)C2CCCCC2)c1. The molecule has 0 spiro atoms. The van der Waals surface area contributed by atoms with Gasteiger partial charge < -0.3 is 0 Å². The molecule has 3 aromatic rings. The molecule has 0 unspecified atom stereocenters. The topological polar surface area (TPSA) is 0 Å². The van der Waals surface area contributed by atoms with E-state index in [-0.39, 0.29) is 0 Å². The van der Waals surface area contributed by atoms with Gasteiger partial charge in [0.25, 0.3) is 0 Å². The first-order valence-corrected chi connectivity index (χ1v) is 12.6. The van der Waals surface area contributed by atoms with E-state index in [2.05, 4.69) is 101 Å². The molecule has 0 nitrogen and oxygen atoms in total. The Morgan fingerprint density at radius 3 is 1.69 bits per heavy atom. The van der Waals surface area contributed by atoms with Gasteiger partial charge in [0.15, 0.2) is 8.07 Å². The van der Waals surface area contributed by atoms with Crippen LogP contribution in [0.25, 0.3) is 0 Å². The number of benzene rings is 3. The quantitative estimate of drug-likeness (QED) is 0.399. The zero-order valence-corrected chi connectivity index (χ0v) is 17.7. The van der Waals surface area contributed by atoms with Crippen molar-refractivity contribution in [2.24, 2.45) is 0 Å². The van der Waals surface area contributed by atoms with E-state index in [9.17, 15) is 0 Å². The van der Waals surface area contributed by atoms with E-state index in [0.717, 1.165) is 5.54 Å². The van der Waals surface area contributed by atoms with Crippen molar-refractivity contribution in [1.82, 2.24) is 0 Å². The number of hydrogen-bond acceptors (Lipinski definition) is 0. The molecule has 1 fully saturated rings. The number of hydrogen-bond donors (Lipinski definition) is 0. The van der Waals surface area contributed by atoms with Crippen molar-refractivity contribution in [3.8, 4) is 0 Å². The lowest BCUT2D eigenvalue weighted by atomic mass is 10.0. The Morgan fingerprint density at radius 1 is 0.615 bits per heavy atom. The molecule has 4 rings (SSSR count). The van der Waals surface area contributed by atoms with Crippen LogP contribution < -0.4 is 15.6 Å². The molecule has 0 saturated heterocycles. The lowest BCUT2D eigenvalue weighted by Crippen LogP contribution is -2.70. The maximum Gasteiger partial charge on any atom is 0.151 e. The van der Waals surface area contributed by atoms with Gasteiger partial charge in [-0.25, -0.2) is 0 Å². The van der Waals surface area contributed by atoms with Crippen LogP contribution in [0.15, 0.2) is 89.4 Å². The summed E-state index contributed by atoms with van der Waals surface area (Å²) in [6, 6.07) is 31.9. The first-order valence-electron chi connectivity index (χ1n) is 9.69. The van der Waals surface area contributed by atoms with Gasteiger partial charge in [0.1, 0.15) is 0 Å². The molecule has 0 heterocycles. The Kier molecular flexibility index (Phi) is 5.42. The van der Waals surface area contributed by atoms with Gasteiger partial charge in [-0.05, 0) is 33.2 Å². The van der Waals surface area contributed by atoms with Crippen molar-refractivity contribution < 1.29 is 0 Å². The van der Waals surface area contributed by atoms with E-state index in [4.69, 9.17) is 0 Å². The summed E-state index contributed by atoms with van der Waals surface area (Å²) in [5, 5.41) is 4.64. The molecule has 132 valence electrons. The van der Waals surface area contributed by atoms with Crippen LogP contribution >= 0.6 is 15.9 Å². The smallest absolute Gasteiger partial charge is 0.0624 e. The van der Waals surface area contributed by atoms with Gasteiger partial charge in [0.05, 0.1) is 0 Å². The molecule has 1 aliphatic rings. The fraction of sp³-hybridized carbons (Fsp3) is 0.250. The standard InChI is InChI=1S/C24H25BrSi/c25-20-11-10-18-24(19-20)26(21-12-4-1-5-13-21,22-14-6-2-7-15-22)23-16-8-3-9-17-23/h1-2,4-7,10-15,18-19,23H,3,8-9,16-17H2. The van der Waals surface area contributed by atoms with E-state index in [1.165, 1.54) is 41.8 Å². The van der Waals surface area contributed by atoms with E-state index in [1.54, 1.807) is 10.4 Å². The van der Waals surface area contributed by atoms with Crippen LogP contribution in [-0.4, -0.2) is 8.07 Å². The van der Waals surface area contributed by atoms with Crippen LogP contribution in [0.3, 0.4) is 0 Å². The summed E-state index contributed by atoms with van der Waals surface area (Å²) in [4.78, 5) is 0. The van der Waals surface area contributed by atoms with Crippen LogP contribution in [0.5, 0.6) is 0 Å². The molecular weight excluding hydrogens is 396 g/mol. The van der Waals surface area contributed by atoms with Gasteiger partial charge in [-0.2, -0.15) is 0 Å². The monoisotopic (exact) mass is 420 g/mol. The van der Waals surface area contributed by atoms with Crippen LogP contribution in [0, 0.1) is 0 Å². The summed E-state index contributed by atoms with van der Waals surface area (Å²) in [5.74, 6) is 0. The average Bonchev–Trinajstić information content (AvgIpc) is 2.71.